The number of halogens is 1. The number of piperidine rings is 1. The average molecular weight is 531 g/mol. The number of benzene rings is 1. The van der Waals surface area contributed by atoms with Crippen LogP contribution >= 0.6 is 22.9 Å². The summed E-state index contributed by atoms with van der Waals surface area (Å²) in [5.41, 5.74) is 1.000. The molecule has 1 saturated heterocycles. The molecule has 3 N–H and O–H groups in total. The maximum atomic E-state index is 13.3. The summed E-state index contributed by atoms with van der Waals surface area (Å²) in [5.74, 6) is -2.74. The van der Waals surface area contributed by atoms with E-state index >= 15 is 0 Å². The number of aromatic carboxylic acids is 1. The Balaban J connectivity index is 2.06. The molecule has 0 aliphatic carbocycles. The number of nitrogens with one attached hydrogen (secondary N) is 1. The second-order valence-electron chi connectivity index (χ2n) is 7.89. The van der Waals surface area contributed by atoms with Crippen molar-refractivity contribution < 1.29 is 33.0 Å². The van der Waals surface area contributed by atoms with Crippen LogP contribution in [0.2, 0.25) is 5.02 Å². The van der Waals surface area contributed by atoms with Gasteiger partial charge in [-0.3, -0.25) is 4.31 Å². The minimum absolute atomic E-state index is 0.0249. The molecule has 2 aromatic rings. The van der Waals surface area contributed by atoms with Crippen molar-refractivity contribution in [2.24, 2.45) is 0 Å². The number of thiophene rings is 1. The van der Waals surface area contributed by atoms with Crippen LogP contribution in [-0.4, -0.2) is 62.1 Å². The van der Waals surface area contributed by atoms with Gasteiger partial charge < -0.3 is 20.3 Å². The largest absolute Gasteiger partial charge is 0.479 e. The lowest BCUT2D eigenvalue weighted by molar-refractivity contribution is -0.139. The molecular formula is C22H27ClN2O7S2. The standard InChI is InChI=1S/C22H27ClN2O7S2/c1-2-3-11-34(30,31)25(15-7-9-24-10-8-15)16-6-4-5-14(12-16)20-18(23)19(32-13-17(26)27)21(33-20)22(28)29/h4-6,12,15,24H,2-3,7-11,13H2,1H3,(H,26,27)(H,28,29). The minimum atomic E-state index is -3.59. The molecule has 9 nitrogen and oxygen atoms in total. The van der Waals surface area contributed by atoms with E-state index in [9.17, 15) is 23.1 Å². The maximum Gasteiger partial charge on any atom is 0.349 e. The minimum Gasteiger partial charge on any atom is -0.479 e. The summed E-state index contributed by atoms with van der Waals surface area (Å²) in [5, 5.41) is 21.7. The van der Waals surface area contributed by atoms with Gasteiger partial charge in [0.15, 0.2) is 17.2 Å². The molecule has 0 unspecified atom stereocenters. The van der Waals surface area contributed by atoms with E-state index in [1.807, 2.05) is 6.92 Å². The lowest BCUT2D eigenvalue weighted by Crippen LogP contribution is -2.47. The molecule has 1 aromatic heterocycles. The summed E-state index contributed by atoms with van der Waals surface area (Å²) in [6.45, 7) is 2.63. The number of carboxylic acids is 2. The second kappa shape index (κ2) is 11.4. The molecule has 0 bridgehead atoms. The monoisotopic (exact) mass is 530 g/mol. The van der Waals surface area contributed by atoms with Gasteiger partial charge in [-0.25, -0.2) is 18.0 Å². The zero-order chi connectivity index (χ0) is 24.9. The van der Waals surface area contributed by atoms with Crippen LogP contribution in [0.4, 0.5) is 5.69 Å². The molecule has 1 aromatic carbocycles. The summed E-state index contributed by atoms with van der Waals surface area (Å²) < 4.78 is 33.3. The molecule has 2 heterocycles. The highest BCUT2D eigenvalue weighted by Gasteiger charge is 2.32. The van der Waals surface area contributed by atoms with Gasteiger partial charge >= 0.3 is 11.9 Å². The molecule has 3 rings (SSSR count). The number of ether oxygens (including phenoxy) is 1. The highest BCUT2D eigenvalue weighted by atomic mass is 35.5. The van der Waals surface area contributed by atoms with Gasteiger partial charge in [0.25, 0.3) is 0 Å². The quantitative estimate of drug-likeness (QED) is 0.398. The van der Waals surface area contributed by atoms with Gasteiger partial charge in [-0.1, -0.05) is 37.1 Å². The number of aliphatic carboxylic acids is 1. The number of carboxylic acid groups (broad SMARTS) is 2. The summed E-state index contributed by atoms with van der Waals surface area (Å²) in [6, 6.07) is 6.60. The Labute approximate surface area is 207 Å². The molecule has 1 aliphatic rings. The lowest BCUT2D eigenvalue weighted by atomic mass is 10.1. The van der Waals surface area contributed by atoms with Crippen molar-refractivity contribution >= 4 is 50.6 Å². The molecule has 34 heavy (non-hydrogen) atoms. The topological polar surface area (TPSA) is 133 Å². The fourth-order valence-corrected chi connectivity index (χ4v) is 7.19. The first kappa shape index (κ1) is 26.3. The predicted octanol–water partition coefficient (Wildman–Crippen LogP) is 3.92. The highest BCUT2D eigenvalue weighted by molar-refractivity contribution is 7.92. The van der Waals surface area contributed by atoms with Gasteiger partial charge in [0.05, 0.1) is 16.3 Å². The number of nitrogens with zero attached hydrogens (tertiary/aromatic N) is 1. The lowest BCUT2D eigenvalue weighted by Gasteiger charge is -2.35. The van der Waals surface area contributed by atoms with E-state index in [1.165, 1.54) is 4.31 Å². The Bertz CT molecular complexity index is 1140. The predicted molar refractivity (Wildman–Crippen MR) is 132 cm³/mol. The van der Waals surface area contributed by atoms with Crippen molar-refractivity contribution in [1.29, 1.82) is 0 Å². The third-order valence-electron chi connectivity index (χ3n) is 5.40. The van der Waals surface area contributed by atoms with Crippen LogP contribution in [0.5, 0.6) is 5.75 Å². The molecule has 0 spiro atoms. The summed E-state index contributed by atoms with van der Waals surface area (Å²) in [6.07, 6.45) is 2.64. The van der Waals surface area contributed by atoms with Crippen LogP contribution in [0, 0.1) is 0 Å². The van der Waals surface area contributed by atoms with E-state index in [-0.39, 0.29) is 27.4 Å². The van der Waals surface area contributed by atoms with Gasteiger partial charge in [-0.05, 0) is 50.0 Å². The van der Waals surface area contributed by atoms with E-state index in [0.717, 1.165) is 17.8 Å². The number of carbonyl (C=O) groups is 2. The zero-order valence-electron chi connectivity index (χ0n) is 18.6. The Morgan fingerprint density at radius 3 is 2.59 bits per heavy atom. The smallest absolute Gasteiger partial charge is 0.349 e. The highest BCUT2D eigenvalue weighted by Crippen LogP contribution is 2.46. The summed E-state index contributed by atoms with van der Waals surface area (Å²) in [4.78, 5) is 22.7. The zero-order valence-corrected chi connectivity index (χ0v) is 21.0. The first-order valence-corrected chi connectivity index (χ1v) is 13.7. The molecule has 1 aliphatic heterocycles. The fourth-order valence-electron chi connectivity index (χ4n) is 3.83. The number of rotatable bonds is 11. The average Bonchev–Trinajstić information content (AvgIpc) is 3.13. The Morgan fingerprint density at radius 1 is 1.26 bits per heavy atom. The number of sulfonamides is 1. The van der Waals surface area contributed by atoms with Gasteiger partial charge in [0.1, 0.15) is 5.02 Å². The van der Waals surface area contributed by atoms with Crippen molar-refractivity contribution in [3.63, 3.8) is 0 Å². The molecule has 0 saturated carbocycles. The molecular weight excluding hydrogens is 504 g/mol. The third kappa shape index (κ3) is 6.01. The van der Waals surface area contributed by atoms with Crippen molar-refractivity contribution in [2.45, 2.75) is 38.6 Å². The number of anilines is 1. The fraction of sp³-hybridized carbons (Fsp3) is 0.455. The van der Waals surface area contributed by atoms with Crippen LogP contribution in [-0.2, 0) is 14.8 Å². The first-order valence-electron chi connectivity index (χ1n) is 10.9. The van der Waals surface area contributed by atoms with Gasteiger partial charge in [0.2, 0.25) is 10.0 Å². The van der Waals surface area contributed by atoms with Crippen molar-refractivity contribution in [3.8, 4) is 16.2 Å². The van der Waals surface area contributed by atoms with Crippen molar-refractivity contribution in [2.75, 3.05) is 29.8 Å². The molecule has 0 radical (unpaired) electrons. The van der Waals surface area contributed by atoms with Crippen LogP contribution in [0.3, 0.4) is 0 Å². The Morgan fingerprint density at radius 2 is 1.97 bits per heavy atom. The summed E-state index contributed by atoms with van der Waals surface area (Å²) in [7, 11) is -3.59. The first-order chi connectivity index (χ1) is 16.2. The van der Waals surface area contributed by atoms with Gasteiger partial charge in [-0.15, -0.1) is 11.3 Å². The van der Waals surface area contributed by atoms with Gasteiger partial charge in [0, 0.05) is 6.04 Å². The van der Waals surface area contributed by atoms with Crippen molar-refractivity contribution in [3.05, 3.63) is 34.2 Å². The SMILES string of the molecule is CCCCS(=O)(=O)N(c1cccc(-c2sc(C(=O)O)c(OCC(=O)O)c2Cl)c1)C1CCNCC1. The number of hydrogen-bond donors (Lipinski definition) is 3. The molecule has 12 heteroatoms. The molecule has 0 amide bonds. The molecule has 0 atom stereocenters. The van der Waals surface area contributed by atoms with Crippen molar-refractivity contribution in [1.82, 2.24) is 5.32 Å². The van der Waals surface area contributed by atoms with Crippen LogP contribution in [0.25, 0.3) is 10.4 Å². The second-order valence-corrected chi connectivity index (χ2v) is 11.3. The Hall–Kier alpha value is -2.34. The van der Waals surface area contributed by atoms with E-state index in [1.54, 1.807) is 24.3 Å². The van der Waals surface area contributed by atoms with Gasteiger partial charge in [-0.2, -0.15) is 0 Å². The van der Waals surface area contributed by atoms with Crippen LogP contribution in [0.15, 0.2) is 24.3 Å². The van der Waals surface area contributed by atoms with Crippen LogP contribution in [0.1, 0.15) is 42.3 Å². The maximum absolute atomic E-state index is 13.3. The summed E-state index contributed by atoms with van der Waals surface area (Å²) >= 11 is 7.27. The number of unbranched alkanes of at least 4 members (excludes halogenated alkanes) is 1. The van der Waals surface area contributed by atoms with Crippen LogP contribution < -0.4 is 14.4 Å². The number of hydrogen-bond acceptors (Lipinski definition) is 7. The molecule has 1 fully saturated rings. The van der Waals surface area contributed by atoms with E-state index in [0.29, 0.717) is 48.5 Å². The normalized spacial score (nSPS) is 14.6. The van der Waals surface area contributed by atoms with E-state index < -0.39 is 28.6 Å². The van der Waals surface area contributed by atoms with E-state index in [2.05, 4.69) is 5.32 Å². The third-order valence-corrected chi connectivity index (χ3v) is 9.00. The van der Waals surface area contributed by atoms with E-state index in [4.69, 9.17) is 21.4 Å². The Kier molecular flexibility index (Phi) is 8.80. The molecule has 186 valence electrons.